The van der Waals surface area contributed by atoms with Gasteiger partial charge in [-0.05, 0) is 24.6 Å². The third-order valence-corrected chi connectivity index (χ3v) is 4.15. The van der Waals surface area contributed by atoms with E-state index in [4.69, 9.17) is 32.7 Å². The second-order valence-corrected chi connectivity index (χ2v) is 5.80. The van der Waals surface area contributed by atoms with Crippen LogP contribution in [0.3, 0.4) is 0 Å². The summed E-state index contributed by atoms with van der Waals surface area (Å²) < 4.78 is 10.4. The van der Waals surface area contributed by atoms with Gasteiger partial charge in [0.25, 0.3) is 5.91 Å². The molecule has 120 valence electrons. The first-order valence-electron chi connectivity index (χ1n) is 6.55. The molecule has 0 unspecified atom stereocenters. The van der Waals surface area contributed by atoms with Gasteiger partial charge in [-0.1, -0.05) is 29.3 Å². The molecule has 8 heteroatoms. The van der Waals surface area contributed by atoms with Crippen LogP contribution in [0.2, 0.25) is 10.0 Å². The molecule has 1 aromatic carbocycles. The Morgan fingerprint density at radius 1 is 1.32 bits per heavy atom. The zero-order valence-corrected chi connectivity index (χ0v) is 13.3. The van der Waals surface area contributed by atoms with Crippen LogP contribution in [0.1, 0.15) is 12.5 Å². The van der Waals surface area contributed by atoms with Gasteiger partial charge in [-0.15, -0.1) is 0 Å². The Bertz CT molecular complexity index is 589. The SMILES string of the molecule is C[C@@](NC(=O)[C@H]1COCCO1)(C(=O)O)c1ccc(Cl)c(Cl)c1. The molecule has 1 saturated heterocycles. The van der Waals surface area contributed by atoms with E-state index in [-0.39, 0.29) is 18.2 Å². The molecule has 6 nitrogen and oxygen atoms in total. The Hall–Kier alpha value is -1.34. The third-order valence-electron chi connectivity index (χ3n) is 3.41. The number of hydrogen-bond acceptors (Lipinski definition) is 4. The fraction of sp³-hybridized carbons (Fsp3) is 0.429. The normalized spacial score (nSPS) is 21.0. The van der Waals surface area contributed by atoms with E-state index in [9.17, 15) is 14.7 Å². The molecule has 2 atom stereocenters. The minimum absolute atomic E-state index is 0.0862. The van der Waals surface area contributed by atoms with Gasteiger partial charge in [0.15, 0.2) is 11.6 Å². The van der Waals surface area contributed by atoms with Crippen molar-refractivity contribution in [3.8, 4) is 0 Å². The number of halogens is 2. The van der Waals surface area contributed by atoms with Crippen molar-refractivity contribution in [3.05, 3.63) is 33.8 Å². The number of nitrogens with one attached hydrogen (secondary N) is 1. The molecular formula is C14H15Cl2NO5. The minimum atomic E-state index is -1.66. The number of aliphatic carboxylic acids is 1. The summed E-state index contributed by atoms with van der Waals surface area (Å²) in [5, 5.41) is 12.5. The van der Waals surface area contributed by atoms with Crippen molar-refractivity contribution in [2.45, 2.75) is 18.6 Å². The lowest BCUT2D eigenvalue weighted by atomic mass is 9.91. The molecule has 0 spiro atoms. The number of benzene rings is 1. The summed E-state index contributed by atoms with van der Waals surface area (Å²) in [4.78, 5) is 23.9. The molecule has 0 bridgehead atoms. The quantitative estimate of drug-likeness (QED) is 0.867. The first-order valence-corrected chi connectivity index (χ1v) is 7.30. The van der Waals surface area contributed by atoms with Crippen molar-refractivity contribution >= 4 is 35.1 Å². The highest BCUT2D eigenvalue weighted by atomic mass is 35.5. The van der Waals surface area contributed by atoms with Crippen LogP contribution in [0.4, 0.5) is 0 Å². The molecule has 0 radical (unpaired) electrons. The first-order chi connectivity index (χ1) is 10.3. The topological polar surface area (TPSA) is 84.9 Å². The molecule has 2 N–H and O–H groups in total. The number of carbonyl (C=O) groups excluding carboxylic acids is 1. The maximum atomic E-state index is 12.2. The van der Waals surface area contributed by atoms with E-state index in [1.54, 1.807) is 0 Å². The summed E-state index contributed by atoms with van der Waals surface area (Å²) in [5.74, 6) is -1.79. The zero-order chi connectivity index (χ0) is 16.3. The van der Waals surface area contributed by atoms with Crippen molar-refractivity contribution in [1.82, 2.24) is 5.32 Å². The summed E-state index contributed by atoms with van der Waals surface area (Å²) in [6.45, 7) is 2.15. The van der Waals surface area contributed by atoms with E-state index < -0.39 is 23.5 Å². The van der Waals surface area contributed by atoms with E-state index in [0.29, 0.717) is 17.2 Å². The summed E-state index contributed by atoms with van der Waals surface area (Å²) in [5.41, 5.74) is -1.36. The molecular weight excluding hydrogens is 333 g/mol. The number of amides is 1. The van der Waals surface area contributed by atoms with Gasteiger partial charge < -0.3 is 19.9 Å². The van der Waals surface area contributed by atoms with Crippen LogP contribution in [-0.2, 0) is 24.6 Å². The fourth-order valence-electron chi connectivity index (χ4n) is 2.02. The van der Waals surface area contributed by atoms with Gasteiger partial charge in [0.2, 0.25) is 0 Å². The van der Waals surface area contributed by atoms with Crippen molar-refractivity contribution in [1.29, 1.82) is 0 Å². The Morgan fingerprint density at radius 2 is 2.05 bits per heavy atom. The zero-order valence-electron chi connectivity index (χ0n) is 11.8. The Morgan fingerprint density at radius 3 is 2.59 bits per heavy atom. The average molecular weight is 348 g/mol. The number of rotatable bonds is 4. The van der Waals surface area contributed by atoms with Crippen LogP contribution in [0.5, 0.6) is 0 Å². The largest absolute Gasteiger partial charge is 0.479 e. The van der Waals surface area contributed by atoms with Gasteiger partial charge >= 0.3 is 5.97 Å². The monoisotopic (exact) mass is 347 g/mol. The van der Waals surface area contributed by atoms with Crippen LogP contribution < -0.4 is 5.32 Å². The Balaban J connectivity index is 2.25. The van der Waals surface area contributed by atoms with E-state index in [2.05, 4.69) is 5.32 Å². The Labute approximate surface area is 137 Å². The van der Waals surface area contributed by atoms with E-state index >= 15 is 0 Å². The van der Waals surface area contributed by atoms with Crippen molar-refractivity contribution in [2.24, 2.45) is 0 Å². The lowest BCUT2D eigenvalue weighted by Gasteiger charge is -2.30. The highest BCUT2D eigenvalue weighted by Crippen LogP contribution is 2.29. The van der Waals surface area contributed by atoms with Crippen LogP contribution in [0, 0.1) is 0 Å². The second kappa shape index (κ2) is 6.83. The number of hydrogen-bond donors (Lipinski definition) is 2. The molecule has 22 heavy (non-hydrogen) atoms. The predicted molar refractivity (Wildman–Crippen MR) is 80.2 cm³/mol. The average Bonchev–Trinajstić information content (AvgIpc) is 2.50. The predicted octanol–water partition coefficient (Wildman–Crippen LogP) is 1.82. The summed E-state index contributed by atoms with van der Waals surface area (Å²) in [6.07, 6.45) is -0.838. The maximum Gasteiger partial charge on any atom is 0.333 e. The molecule has 1 aliphatic heterocycles. The van der Waals surface area contributed by atoms with Gasteiger partial charge in [0, 0.05) is 0 Å². The molecule has 0 aliphatic carbocycles. The molecule has 2 rings (SSSR count). The highest BCUT2D eigenvalue weighted by Gasteiger charge is 2.39. The van der Waals surface area contributed by atoms with Crippen molar-refractivity contribution in [2.75, 3.05) is 19.8 Å². The van der Waals surface area contributed by atoms with E-state index in [1.807, 2.05) is 0 Å². The van der Waals surface area contributed by atoms with Gasteiger partial charge in [-0.25, -0.2) is 4.79 Å². The van der Waals surface area contributed by atoms with Gasteiger partial charge in [0.05, 0.1) is 29.9 Å². The lowest BCUT2D eigenvalue weighted by Crippen LogP contribution is -2.54. The number of ether oxygens (including phenoxy) is 2. The molecule has 1 aliphatic rings. The molecule has 0 aromatic heterocycles. The standard InChI is InChI=1S/C14H15Cl2NO5/c1-14(13(19)20,8-2-3-9(15)10(16)6-8)17-12(18)11-7-21-4-5-22-11/h2-3,6,11H,4-5,7H2,1H3,(H,17,18)(H,19,20)/t11-,14+/m1/s1. The highest BCUT2D eigenvalue weighted by molar-refractivity contribution is 6.42. The minimum Gasteiger partial charge on any atom is -0.479 e. The van der Waals surface area contributed by atoms with Crippen LogP contribution in [0.25, 0.3) is 0 Å². The van der Waals surface area contributed by atoms with Crippen LogP contribution >= 0.6 is 23.2 Å². The summed E-state index contributed by atoms with van der Waals surface area (Å²) in [7, 11) is 0. The molecule has 0 saturated carbocycles. The molecule has 1 aromatic rings. The third kappa shape index (κ3) is 3.52. The fourth-order valence-corrected chi connectivity index (χ4v) is 2.32. The van der Waals surface area contributed by atoms with Crippen LogP contribution in [-0.4, -0.2) is 42.9 Å². The smallest absolute Gasteiger partial charge is 0.333 e. The summed E-state index contributed by atoms with van der Waals surface area (Å²) >= 11 is 11.8. The second-order valence-electron chi connectivity index (χ2n) is 4.98. The molecule has 1 heterocycles. The van der Waals surface area contributed by atoms with Crippen molar-refractivity contribution in [3.63, 3.8) is 0 Å². The van der Waals surface area contributed by atoms with Crippen molar-refractivity contribution < 1.29 is 24.2 Å². The lowest BCUT2D eigenvalue weighted by molar-refractivity contribution is -0.156. The number of carboxylic acids is 1. The van der Waals surface area contributed by atoms with E-state index in [1.165, 1.54) is 25.1 Å². The maximum absolute atomic E-state index is 12.2. The van der Waals surface area contributed by atoms with Gasteiger partial charge in [-0.2, -0.15) is 0 Å². The van der Waals surface area contributed by atoms with Crippen LogP contribution in [0.15, 0.2) is 18.2 Å². The molecule has 1 amide bonds. The summed E-state index contributed by atoms with van der Waals surface area (Å²) in [6, 6.07) is 4.39. The van der Waals surface area contributed by atoms with Gasteiger partial charge in [-0.3, -0.25) is 4.79 Å². The van der Waals surface area contributed by atoms with Gasteiger partial charge in [0.1, 0.15) is 0 Å². The Kier molecular flexibility index (Phi) is 5.28. The van der Waals surface area contributed by atoms with E-state index in [0.717, 1.165) is 0 Å². The number of carboxylic acid groups (broad SMARTS) is 1. The first kappa shape index (κ1) is 17.0. The number of carbonyl (C=O) groups is 2. The molecule has 1 fully saturated rings.